The minimum absolute atomic E-state index is 0.245. The Morgan fingerprint density at radius 1 is 1.31 bits per heavy atom. The Morgan fingerprint density at radius 2 is 1.92 bits per heavy atom. The highest BCUT2D eigenvalue weighted by Gasteiger charge is 2.16. The standard InChI is InChI=1S/C10H22N2O/c1-9(2)11-10(8-13)7-12-5-3-4-6-12/h9-11,13H,3-8H2,1-2H3. The summed E-state index contributed by atoms with van der Waals surface area (Å²) in [5, 5.41) is 12.5. The first-order valence-electron chi connectivity index (χ1n) is 5.31. The predicted octanol–water partition coefficient (Wildman–Crippen LogP) is 0.441. The Bertz CT molecular complexity index is 133. The van der Waals surface area contributed by atoms with Crippen LogP contribution in [0, 0.1) is 0 Å². The molecule has 1 aliphatic rings. The van der Waals surface area contributed by atoms with Gasteiger partial charge in [0.1, 0.15) is 0 Å². The van der Waals surface area contributed by atoms with Crippen molar-refractivity contribution in [3.05, 3.63) is 0 Å². The van der Waals surface area contributed by atoms with Crippen molar-refractivity contribution in [2.45, 2.75) is 38.8 Å². The molecule has 0 amide bonds. The van der Waals surface area contributed by atoms with Crippen molar-refractivity contribution in [3.63, 3.8) is 0 Å². The zero-order valence-electron chi connectivity index (χ0n) is 8.79. The van der Waals surface area contributed by atoms with Gasteiger partial charge >= 0.3 is 0 Å². The highest BCUT2D eigenvalue weighted by Crippen LogP contribution is 2.07. The second kappa shape index (κ2) is 5.58. The van der Waals surface area contributed by atoms with E-state index in [1.165, 1.54) is 25.9 Å². The summed E-state index contributed by atoms with van der Waals surface area (Å²) in [4.78, 5) is 2.43. The Balaban J connectivity index is 2.21. The summed E-state index contributed by atoms with van der Waals surface area (Å²) in [7, 11) is 0. The van der Waals surface area contributed by atoms with Gasteiger partial charge in [-0.1, -0.05) is 13.8 Å². The van der Waals surface area contributed by atoms with Crippen molar-refractivity contribution in [2.75, 3.05) is 26.2 Å². The largest absolute Gasteiger partial charge is 0.395 e. The molecule has 0 bridgehead atoms. The van der Waals surface area contributed by atoms with E-state index < -0.39 is 0 Å². The maximum atomic E-state index is 9.15. The number of likely N-dealkylation sites (tertiary alicyclic amines) is 1. The zero-order chi connectivity index (χ0) is 9.68. The average Bonchev–Trinajstić information content (AvgIpc) is 2.55. The number of rotatable bonds is 5. The third kappa shape index (κ3) is 4.07. The van der Waals surface area contributed by atoms with Gasteiger partial charge < -0.3 is 15.3 Å². The molecule has 1 aliphatic heterocycles. The summed E-state index contributed by atoms with van der Waals surface area (Å²) in [5.41, 5.74) is 0. The third-order valence-corrected chi connectivity index (χ3v) is 2.47. The van der Waals surface area contributed by atoms with E-state index in [0.717, 1.165) is 6.54 Å². The van der Waals surface area contributed by atoms with E-state index in [2.05, 4.69) is 24.1 Å². The Kier molecular flexibility index (Phi) is 4.70. The number of hydrogen-bond donors (Lipinski definition) is 2. The summed E-state index contributed by atoms with van der Waals surface area (Å²) in [6, 6.07) is 0.706. The number of aliphatic hydroxyl groups excluding tert-OH is 1. The molecule has 1 heterocycles. The minimum atomic E-state index is 0.245. The summed E-state index contributed by atoms with van der Waals surface area (Å²) in [5.74, 6) is 0. The molecule has 1 saturated heterocycles. The molecule has 0 radical (unpaired) electrons. The van der Waals surface area contributed by atoms with Crippen molar-refractivity contribution >= 4 is 0 Å². The highest BCUT2D eigenvalue weighted by molar-refractivity contribution is 4.75. The topological polar surface area (TPSA) is 35.5 Å². The molecule has 13 heavy (non-hydrogen) atoms. The highest BCUT2D eigenvalue weighted by atomic mass is 16.3. The van der Waals surface area contributed by atoms with E-state index in [0.29, 0.717) is 6.04 Å². The summed E-state index contributed by atoms with van der Waals surface area (Å²) in [6.07, 6.45) is 2.64. The number of hydrogen-bond acceptors (Lipinski definition) is 3. The fourth-order valence-electron chi connectivity index (χ4n) is 1.91. The van der Waals surface area contributed by atoms with Crippen molar-refractivity contribution in [1.29, 1.82) is 0 Å². The lowest BCUT2D eigenvalue weighted by Crippen LogP contribution is -2.45. The van der Waals surface area contributed by atoms with Crippen LogP contribution in [0.1, 0.15) is 26.7 Å². The monoisotopic (exact) mass is 186 g/mol. The molecule has 0 spiro atoms. The maximum Gasteiger partial charge on any atom is 0.0597 e. The molecule has 1 fully saturated rings. The first-order chi connectivity index (χ1) is 6.22. The lowest BCUT2D eigenvalue weighted by atomic mass is 10.2. The molecular formula is C10H22N2O. The van der Waals surface area contributed by atoms with Crippen LogP contribution in [0.15, 0.2) is 0 Å². The second-order valence-electron chi connectivity index (χ2n) is 4.21. The molecule has 1 atom stereocenters. The van der Waals surface area contributed by atoms with Crippen LogP contribution in [-0.4, -0.2) is 48.3 Å². The molecule has 78 valence electrons. The smallest absolute Gasteiger partial charge is 0.0597 e. The van der Waals surface area contributed by atoms with Gasteiger partial charge in [-0.15, -0.1) is 0 Å². The van der Waals surface area contributed by atoms with E-state index in [4.69, 9.17) is 5.11 Å². The van der Waals surface area contributed by atoms with Crippen LogP contribution in [0.5, 0.6) is 0 Å². The van der Waals surface area contributed by atoms with Crippen LogP contribution < -0.4 is 5.32 Å². The number of nitrogens with zero attached hydrogens (tertiary/aromatic N) is 1. The molecule has 3 heteroatoms. The van der Waals surface area contributed by atoms with E-state index in [9.17, 15) is 0 Å². The fraction of sp³-hybridized carbons (Fsp3) is 1.00. The Hall–Kier alpha value is -0.120. The number of aliphatic hydroxyl groups is 1. The predicted molar refractivity (Wildman–Crippen MR) is 54.8 cm³/mol. The molecule has 1 rings (SSSR count). The van der Waals surface area contributed by atoms with Gasteiger partial charge in [0.15, 0.2) is 0 Å². The molecule has 0 aromatic rings. The van der Waals surface area contributed by atoms with Crippen molar-refractivity contribution in [2.24, 2.45) is 0 Å². The third-order valence-electron chi connectivity index (χ3n) is 2.47. The summed E-state index contributed by atoms with van der Waals surface area (Å²) in [6.45, 7) is 7.88. The normalized spacial score (nSPS) is 21.2. The van der Waals surface area contributed by atoms with Crippen LogP contribution in [0.2, 0.25) is 0 Å². The van der Waals surface area contributed by atoms with Crippen LogP contribution in [-0.2, 0) is 0 Å². The first kappa shape index (κ1) is 11.0. The van der Waals surface area contributed by atoms with Crippen LogP contribution in [0.4, 0.5) is 0 Å². The van der Waals surface area contributed by atoms with Crippen LogP contribution in [0.25, 0.3) is 0 Å². The van der Waals surface area contributed by atoms with E-state index >= 15 is 0 Å². The van der Waals surface area contributed by atoms with E-state index in [1.807, 2.05) is 0 Å². The quantitative estimate of drug-likeness (QED) is 0.654. The molecule has 0 aromatic heterocycles. The lowest BCUT2D eigenvalue weighted by Gasteiger charge is -2.24. The van der Waals surface area contributed by atoms with Crippen molar-refractivity contribution < 1.29 is 5.11 Å². The Morgan fingerprint density at radius 3 is 2.38 bits per heavy atom. The van der Waals surface area contributed by atoms with Gasteiger partial charge in [0, 0.05) is 18.6 Å². The van der Waals surface area contributed by atoms with Gasteiger partial charge in [-0.2, -0.15) is 0 Å². The minimum Gasteiger partial charge on any atom is -0.395 e. The second-order valence-corrected chi connectivity index (χ2v) is 4.21. The SMILES string of the molecule is CC(C)NC(CO)CN1CCCC1. The Labute approximate surface area is 81.1 Å². The molecule has 0 aromatic carbocycles. The average molecular weight is 186 g/mol. The number of nitrogens with one attached hydrogen (secondary N) is 1. The molecule has 1 unspecified atom stereocenters. The molecule has 0 aliphatic carbocycles. The molecule has 0 saturated carbocycles. The lowest BCUT2D eigenvalue weighted by molar-refractivity contribution is 0.192. The molecular weight excluding hydrogens is 164 g/mol. The summed E-state index contributed by atoms with van der Waals surface area (Å²) < 4.78 is 0. The van der Waals surface area contributed by atoms with E-state index in [1.54, 1.807) is 0 Å². The summed E-state index contributed by atoms with van der Waals surface area (Å²) >= 11 is 0. The zero-order valence-corrected chi connectivity index (χ0v) is 8.79. The molecule has 2 N–H and O–H groups in total. The van der Waals surface area contributed by atoms with Gasteiger partial charge in [-0.3, -0.25) is 0 Å². The van der Waals surface area contributed by atoms with Gasteiger partial charge in [0.25, 0.3) is 0 Å². The molecule has 3 nitrogen and oxygen atoms in total. The van der Waals surface area contributed by atoms with Gasteiger partial charge in [-0.25, -0.2) is 0 Å². The van der Waals surface area contributed by atoms with E-state index in [-0.39, 0.29) is 12.6 Å². The van der Waals surface area contributed by atoms with Crippen LogP contribution >= 0.6 is 0 Å². The van der Waals surface area contributed by atoms with Gasteiger partial charge in [0.2, 0.25) is 0 Å². The van der Waals surface area contributed by atoms with Gasteiger partial charge in [0.05, 0.1) is 6.61 Å². The maximum absolute atomic E-state index is 9.15. The first-order valence-corrected chi connectivity index (χ1v) is 5.31. The van der Waals surface area contributed by atoms with Crippen molar-refractivity contribution in [1.82, 2.24) is 10.2 Å². The fourth-order valence-corrected chi connectivity index (χ4v) is 1.91. The van der Waals surface area contributed by atoms with Crippen LogP contribution in [0.3, 0.4) is 0 Å². The van der Waals surface area contributed by atoms with Gasteiger partial charge in [-0.05, 0) is 25.9 Å². The van der Waals surface area contributed by atoms with Crippen molar-refractivity contribution in [3.8, 4) is 0 Å².